The van der Waals surface area contributed by atoms with E-state index in [0.717, 1.165) is 37.6 Å². The summed E-state index contributed by atoms with van der Waals surface area (Å²) in [5, 5.41) is 0. The highest BCUT2D eigenvalue weighted by atomic mass is 16.5. The molecule has 4 nitrogen and oxygen atoms in total. The molecule has 4 heteroatoms. The highest BCUT2D eigenvalue weighted by Gasteiger charge is 2.40. The number of hydrogen-bond donors (Lipinski definition) is 0. The highest BCUT2D eigenvalue weighted by Crippen LogP contribution is 2.30. The van der Waals surface area contributed by atoms with Crippen molar-refractivity contribution in [1.82, 2.24) is 9.97 Å². The number of fused-ring (bicyclic) bond motifs is 2. The first-order valence-corrected chi connectivity index (χ1v) is 5.57. The van der Waals surface area contributed by atoms with Crippen LogP contribution in [0.25, 0.3) is 0 Å². The predicted octanol–water partition coefficient (Wildman–Crippen LogP) is 1.02. The first-order valence-electron chi connectivity index (χ1n) is 5.57. The van der Waals surface area contributed by atoms with E-state index in [2.05, 4.69) is 21.8 Å². The van der Waals surface area contributed by atoms with Crippen LogP contribution < -0.4 is 4.90 Å². The zero-order valence-corrected chi connectivity index (χ0v) is 8.89. The van der Waals surface area contributed by atoms with Gasteiger partial charge in [0, 0.05) is 18.4 Å². The number of morpholine rings is 1. The van der Waals surface area contributed by atoms with Crippen LogP contribution in [-0.4, -0.2) is 35.3 Å². The van der Waals surface area contributed by atoms with Gasteiger partial charge in [0.05, 0.1) is 18.8 Å². The molecule has 0 N–H and O–H groups in total. The highest BCUT2D eigenvalue weighted by molar-refractivity contribution is 5.36. The molecule has 0 aromatic carbocycles. The van der Waals surface area contributed by atoms with Crippen molar-refractivity contribution in [3.63, 3.8) is 0 Å². The Hall–Kier alpha value is -1.16. The third-order valence-electron chi connectivity index (χ3n) is 3.22. The van der Waals surface area contributed by atoms with E-state index in [0.29, 0.717) is 12.1 Å². The largest absolute Gasteiger partial charge is 0.374 e. The molecule has 3 heterocycles. The quantitative estimate of drug-likeness (QED) is 0.722. The number of hydrogen-bond acceptors (Lipinski definition) is 4. The Balaban J connectivity index is 1.86. The van der Waals surface area contributed by atoms with Crippen LogP contribution in [0.2, 0.25) is 0 Å². The lowest BCUT2D eigenvalue weighted by Gasteiger charge is -2.26. The summed E-state index contributed by atoms with van der Waals surface area (Å²) >= 11 is 0. The van der Waals surface area contributed by atoms with Gasteiger partial charge in [-0.25, -0.2) is 9.97 Å². The Morgan fingerprint density at radius 3 is 3.20 bits per heavy atom. The molecule has 0 radical (unpaired) electrons. The van der Waals surface area contributed by atoms with Gasteiger partial charge in [0.15, 0.2) is 0 Å². The predicted molar refractivity (Wildman–Crippen MR) is 56.9 cm³/mol. The van der Waals surface area contributed by atoms with Crippen LogP contribution in [0.3, 0.4) is 0 Å². The van der Waals surface area contributed by atoms with Gasteiger partial charge in [-0.3, -0.25) is 0 Å². The summed E-state index contributed by atoms with van der Waals surface area (Å²) in [5.41, 5.74) is 1.11. The van der Waals surface area contributed by atoms with Gasteiger partial charge in [0.1, 0.15) is 0 Å². The number of nitrogens with zero attached hydrogens (tertiary/aromatic N) is 3. The number of anilines is 1. The van der Waals surface area contributed by atoms with Crippen LogP contribution in [0.15, 0.2) is 12.3 Å². The number of aryl methyl sites for hydroxylation is 1. The summed E-state index contributed by atoms with van der Waals surface area (Å²) in [4.78, 5) is 11.2. The third kappa shape index (κ3) is 1.49. The molecule has 0 spiro atoms. The molecule has 1 aromatic heterocycles. The first-order chi connectivity index (χ1) is 7.36. The Morgan fingerprint density at radius 1 is 1.60 bits per heavy atom. The second-order valence-corrected chi connectivity index (χ2v) is 4.20. The van der Waals surface area contributed by atoms with E-state index in [1.54, 1.807) is 0 Å². The van der Waals surface area contributed by atoms with Crippen molar-refractivity contribution in [2.24, 2.45) is 0 Å². The molecular formula is C11H15N3O. The van der Waals surface area contributed by atoms with Crippen LogP contribution in [0.4, 0.5) is 5.95 Å². The van der Waals surface area contributed by atoms with Crippen molar-refractivity contribution in [3.8, 4) is 0 Å². The van der Waals surface area contributed by atoms with Gasteiger partial charge in [-0.15, -0.1) is 0 Å². The van der Waals surface area contributed by atoms with Gasteiger partial charge in [-0.05, 0) is 18.9 Å². The summed E-state index contributed by atoms with van der Waals surface area (Å²) in [6.45, 7) is 3.91. The van der Waals surface area contributed by atoms with E-state index < -0.39 is 0 Å². The second-order valence-electron chi connectivity index (χ2n) is 4.20. The molecular weight excluding hydrogens is 190 g/mol. The fourth-order valence-corrected chi connectivity index (χ4v) is 2.36. The van der Waals surface area contributed by atoms with Crippen LogP contribution in [0.1, 0.15) is 19.0 Å². The Labute approximate surface area is 89.3 Å². The van der Waals surface area contributed by atoms with Gasteiger partial charge in [-0.1, -0.05) is 6.92 Å². The minimum atomic E-state index is 0.406. The Kier molecular flexibility index (Phi) is 2.09. The maximum atomic E-state index is 5.56. The molecule has 2 fully saturated rings. The van der Waals surface area contributed by atoms with E-state index in [4.69, 9.17) is 4.74 Å². The maximum absolute atomic E-state index is 5.56. The lowest BCUT2D eigenvalue weighted by Crippen LogP contribution is -2.38. The summed E-state index contributed by atoms with van der Waals surface area (Å²) in [6, 6.07) is 2.48. The molecule has 15 heavy (non-hydrogen) atoms. The fourth-order valence-electron chi connectivity index (χ4n) is 2.36. The zero-order valence-electron chi connectivity index (χ0n) is 8.89. The SMILES string of the molecule is CCc1ccnc(N2C[C@@H]3C[C@H]2CO3)n1. The molecule has 2 saturated heterocycles. The lowest BCUT2D eigenvalue weighted by molar-refractivity contribution is 0.0986. The van der Waals surface area contributed by atoms with Crippen molar-refractivity contribution in [2.45, 2.75) is 31.9 Å². The van der Waals surface area contributed by atoms with E-state index in [1.807, 2.05) is 12.3 Å². The van der Waals surface area contributed by atoms with Gasteiger partial charge >= 0.3 is 0 Å². The standard InChI is InChI=1S/C11H15N3O/c1-2-8-3-4-12-11(13-8)14-6-10-5-9(14)7-15-10/h3-4,9-10H,2,5-7H2,1H3/t9-,10-/m0/s1. The second kappa shape index (κ2) is 3.45. The Bertz CT molecular complexity index is 369. The molecule has 0 aliphatic carbocycles. The molecule has 0 amide bonds. The van der Waals surface area contributed by atoms with E-state index in [-0.39, 0.29) is 0 Å². The Morgan fingerprint density at radius 2 is 2.53 bits per heavy atom. The number of rotatable bonds is 2. The van der Waals surface area contributed by atoms with Gasteiger partial charge in [0.2, 0.25) is 5.95 Å². The van der Waals surface area contributed by atoms with Crippen LogP contribution in [0, 0.1) is 0 Å². The van der Waals surface area contributed by atoms with E-state index >= 15 is 0 Å². The molecule has 80 valence electrons. The molecule has 1 aromatic rings. The van der Waals surface area contributed by atoms with Crippen LogP contribution in [0.5, 0.6) is 0 Å². The van der Waals surface area contributed by atoms with E-state index in [1.165, 1.54) is 0 Å². The molecule has 2 aliphatic rings. The van der Waals surface area contributed by atoms with Crippen molar-refractivity contribution in [1.29, 1.82) is 0 Å². The van der Waals surface area contributed by atoms with Gasteiger partial charge in [0.25, 0.3) is 0 Å². The van der Waals surface area contributed by atoms with Crippen LogP contribution >= 0.6 is 0 Å². The molecule has 2 atom stereocenters. The third-order valence-corrected chi connectivity index (χ3v) is 3.22. The van der Waals surface area contributed by atoms with Crippen molar-refractivity contribution in [2.75, 3.05) is 18.1 Å². The molecule has 3 rings (SSSR count). The number of aromatic nitrogens is 2. The summed E-state index contributed by atoms with van der Waals surface area (Å²) < 4.78 is 5.56. The number of ether oxygens (including phenoxy) is 1. The first kappa shape index (κ1) is 9.09. The van der Waals surface area contributed by atoms with E-state index in [9.17, 15) is 0 Å². The van der Waals surface area contributed by atoms with Gasteiger partial charge in [-0.2, -0.15) is 0 Å². The monoisotopic (exact) mass is 205 g/mol. The smallest absolute Gasteiger partial charge is 0.225 e. The average molecular weight is 205 g/mol. The fraction of sp³-hybridized carbons (Fsp3) is 0.636. The normalized spacial score (nSPS) is 28.7. The van der Waals surface area contributed by atoms with Crippen molar-refractivity contribution >= 4 is 5.95 Å². The molecule has 2 aliphatic heterocycles. The van der Waals surface area contributed by atoms with Crippen molar-refractivity contribution < 1.29 is 4.74 Å². The summed E-state index contributed by atoms with van der Waals surface area (Å²) in [6.07, 6.45) is 4.37. The molecule has 0 unspecified atom stereocenters. The summed E-state index contributed by atoms with van der Waals surface area (Å²) in [5.74, 6) is 0.880. The zero-order chi connectivity index (χ0) is 10.3. The average Bonchev–Trinajstić information content (AvgIpc) is 2.91. The van der Waals surface area contributed by atoms with Crippen molar-refractivity contribution in [3.05, 3.63) is 18.0 Å². The molecule has 0 saturated carbocycles. The summed E-state index contributed by atoms with van der Waals surface area (Å²) in [7, 11) is 0. The topological polar surface area (TPSA) is 38.2 Å². The minimum Gasteiger partial charge on any atom is -0.374 e. The van der Waals surface area contributed by atoms with Crippen LogP contribution in [-0.2, 0) is 11.2 Å². The van der Waals surface area contributed by atoms with Gasteiger partial charge < -0.3 is 9.64 Å². The minimum absolute atomic E-state index is 0.406. The molecule has 2 bridgehead atoms. The lowest BCUT2D eigenvalue weighted by atomic mass is 10.2. The maximum Gasteiger partial charge on any atom is 0.225 e.